The summed E-state index contributed by atoms with van der Waals surface area (Å²) in [6.07, 6.45) is 2.77. The second kappa shape index (κ2) is 7.53. The van der Waals surface area contributed by atoms with Crippen molar-refractivity contribution in [3.63, 3.8) is 0 Å². The maximum atomic E-state index is 12.6. The van der Waals surface area contributed by atoms with Crippen molar-refractivity contribution in [3.8, 4) is 0 Å². The zero-order chi connectivity index (χ0) is 18.7. The number of likely N-dealkylation sites (N-methyl/N-ethyl adjacent to an activating group) is 1. The Kier molecular flexibility index (Phi) is 5.36. The third-order valence-electron chi connectivity index (χ3n) is 4.65. The van der Waals surface area contributed by atoms with Crippen molar-refractivity contribution < 1.29 is 13.2 Å². The minimum Gasteiger partial charge on any atom is -0.339 e. The van der Waals surface area contributed by atoms with Crippen molar-refractivity contribution in [2.24, 2.45) is 5.73 Å². The van der Waals surface area contributed by atoms with Crippen LogP contribution in [-0.2, 0) is 14.8 Å². The van der Waals surface area contributed by atoms with Crippen LogP contribution in [0.5, 0.6) is 0 Å². The molecule has 1 saturated heterocycles. The van der Waals surface area contributed by atoms with Gasteiger partial charge < -0.3 is 10.6 Å². The summed E-state index contributed by atoms with van der Waals surface area (Å²) in [5, 5.41) is 0. The number of carbonyl (C=O) groups is 1. The third-order valence-corrected chi connectivity index (χ3v) is 6.43. The normalized spacial score (nSPS) is 20.5. The Balaban J connectivity index is 1.67. The van der Waals surface area contributed by atoms with Crippen molar-refractivity contribution >= 4 is 15.9 Å². The second-order valence-electron chi connectivity index (χ2n) is 6.43. The first-order valence-electron chi connectivity index (χ1n) is 8.34. The van der Waals surface area contributed by atoms with Crippen LogP contribution < -0.4 is 5.73 Å². The Morgan fingerprint density at radius 1 is 1.23 bits per heavy atom. The fourth-order valence-corrected chi connectivity index (χ4v) is 4.23. The topological polar surface area (TPSA) is 96.6 Å². The van der Waals surface area contributed by atoms with Gasteiger partial charge in [0.15, 0.2) is 0 Å². The number of aromatic nitrogens is 1. The molecule has 0 aliphatic carbocycles. The molecule has 26 heavy (non-hydrogen) atoms. The summed E-state index contributed by atoms with van der Waals surface area (Å²) in [5.74, 6) is -0.200. The monoisotopic (exact) mass is 374 g/mol. The predicted molar refractivity (Wildman–Crippen MR) is 97.8 cm³/mol. The van der Waals surface area contributed by atoms with Gasteiger partial charge in [-0.05, 0) is 17.7 Å². The fourth-order valence-electron chi connectivity index (χ4n) is 3.14. The zero-order valence-corrected chi connectivity index (χ0v) is 15.3. The van der Waals surface area contributed by atoms with Crippen molar-refractivity contribution in [2.75, 3.05) is 26.7 Å². The van der Waals surface area contributed by atoms with Crippen molar-refractivity contribution in [2.45, 2.75) is 16.9 Å². The highest BCUT2D eigenvalue weighted by Crippen LogP contribution is 2.26. The highest BCUT2D eigenvalue weighted by atomic mass is 32.2. The number of amides is 1. The molecule has 0 radical (unpaired) electrons. The molecule has 0 spiro atoms. The number of likely N-dealkylation sites (tertiary alicyclic amines) is 1. The van der Waals surface area contributed by atoms with Crippen molar-refractivity contribution in [1.82, 2.24) is 14.2 Å². The van der Waals surface area contributed by atoms with E-state index in [4.69, 9.17) is 5.73 Å². The van der Waals surface area contributed by atoms with Gasteiger partial charge in [-0.15, -0.1) is 0 Å². The van der Waals surface area contributed by atoms with E-state index in [1.807, 2.05) is 30.3 Å². The predicted octanol–water partition coefficient (Wildman–Crippen LogP) is 0.655. The van der Waals surface area contributed by atoms with E-state index in [9.17, 15) is 13.2 Å². The van der Waals surface area contributed by atoms with Crippen molar-refractivity contribution in [3.05, 3.63) is 60.4 Å². The first-order valence-corrected chi connectivity index (χ1v) is 9.78. The molecule has 1 aliphatic heterocycles. The van der Waals surface area contributed by atoms with Crippen LogP contribution >= 0.6 is 0 Å². The Morgan fingerprint density at radius 2 is 1.96 bits per heavy atom. The van der Waals surface area contributed by atoms with E-state index in [1.165, 1.54) is 25.5 Å². The van der Waals surface area contributed by atoms with Gasteiger partial charge >= 0.3 is 0 Å². The summed E-state index contributed by atoms with van der Waals surface area (Å²) in [6, 6.07) is 12.7. The van der Waals surface area contributed by atoms with Gasteiger partial charge in [-0.25, -0.2) is 8.42 Å². The molecule has 1 fully saturated rings. The van der Waals surface area contributed by atoms with E-state index in [0.717, 1.165) is 9.87 Å². The van der Waals surface area contributed by atoms with Crippen LogP contribution in [0.4, 0.5) is 0 Å². The minimum atomic E-state index is -3.75. The number of sulfonamides is 1. The molecule has 2 atom stereocenters. The lowest BCUT2D eigenvalue weighted by molar-refractivity contribution is -0.130. The molecule has 0 saturated carbocycles. The van der Waals surface area contributed by atoms with E-state index in [1.54, 1.807) is 11.0 Å². The van der Waals surface area contributed by atoms with Crippen LogP contribution in [0.2, 0.25) is 0 Å². The number of pyridine rings is 1. The first kappa shape index (κ1) is 18.5. The zero-order valence-electron chi connectivity index (χ0n) is 14.5. The number of nitrogens with zero attached hydrogens (tertiary/aromatic N) is 3. The van der Waals surface area contributed by atoms with E-state index < -0.39 is 10.0 Å². The van der Waals surface area contributed by atoms with E-state index >= 15 is 0 Å². The summed E-state index contributed by atoms with van der Waals surface area (Å²) in [4.78, 5) is 18.1. The maximum Gasteiger partial charge on any atom is 0.244 e. The number of hydrogen-bond acceptors (Lipinski definition) is 5. The molecule has 2 heterocycles. The third kappa shape index (κ3) is 3.77. The number of benzene rings is 1. The fraction of sp³-hybridized carbons (Fsp3) is 0.333. The summed E-state index contributed by atoms with van der Waals surface area (Å²) < 4.78 is 26.1. The molecule has 2 aromatic rings. The minimum absolute atomic E-state index is 0.0559. The second-order valence-corrected chi connectivity index (χ2v) is 8.47. The van der Waals surface area contributed by atoms with Crippen LogP contribution in [-0.4, -0.2) is 61.2 Å². The lowest BCUT2D eigenvalue weighted by Crippen LogP contribution is -2.41. The molecule has 1 aromatic heterocycles. The van der Waals surface area contributed by atoms with Crippen LogP contribution in [0.3, 0.4) is 0 Å². The Bertz CT molecular complexity index is 859. The smallest absolute Gasteiger partial charge is 0.244 e. The number of rotatable bonds is 5. The van der Waals surface area contributed by atoms with E-state index in [0.29, 0.717) is 13.1 Å². The molecular formula is C18H22N4O3S. The lowest BCUT2D eigenvalue weighted by Gasteiger charge is -2.21. The van der Waals surface area contributed by atoms with Crippen LogP contribution in [0.25, 0.3) is 0 Å². The van der Waals surface area contributed by atoms with Gasteiger partial charge in [0.05, 0.1) is 6.54 Å². The van der Waals surface area contributed by atoms with Gasteiger partial charge in [-0.1, -0.05) is 30.3 Å². The van der Waals surface area contributed by atoms with Gasteiger partial charge in [0.1, 0.15) is 4.90 Å². The molecule has 1 aliphatic rings. The molecular weight excluding hydrogens is 352 g/mol. The molecule has 0 bridgehead atoms. The summed E-state index contributed by atoms with van der Waals surface area (Å²) in [5.41, 5.74) is 7.30. The first-order chi connectivity index (χ1) is 12.4. The average molecular weight is 374 g/mol. The molecule has 138 valence electrons. The molecule has 3 rings (SSSR count). The average Bonchev–Trinajstić information content (AvgIpc) is 3.05. The summed E-state index contributed by atoms with van der Waals surface area (Å²) in [7, 11) is -2.36. The van der Waals surface area contributed by atoms with Gasteiger partial charge in [0, 0.05) is 44.5 Å². The van der Waals surface area contributed by atoms with Gasteiger partial charge in [0.25, 0.3) is 0 Å². The van der Waals surface area contributed by atoms with Crippen LogP contribution in [0.15, 0.2) is 59.8 Å². The lowest BCUT2D eigenvalue weighted by atomic mass is 9.95. The highest BCUT2D eigenvalue weighted by molar-refractivity contribution is 7.89. The number of hydrogen-bond donors (Lipinski definition) is 1. The maximum absolute atomic E-state index is 12.6. The number of nitrogens with two attached hydrogens (primary N) is 1. The van der Waals surface area contributed by atoms with Crippen LogP contribution in [0, 0.1) is 0 Å². The SMILES string of the molecule is CN(CC(=O)N1C[C@@H](N)[C@H](c2ccccc2)C1)S(=O)(=O)c1cccnc1. The summed E-state index contributed by atoms with van der Waals surface area (Å²) >= 11 is 0. The van der Waals surface area contributed by atoms with Crippen molar-refractivity contribution in [1.29, 1.82) is 0 Å². The summed E-state index contributed by atoms with van der Waals surface area (Å²) in [6.45, 7) is 0.676. The van der Waals surface area contributed by atoms with Gasteiger partial charge in [-0.2, -0.15) is 4.31 Å². The van der Waals surface area contributed by atoms with E-state index in [-0.39, 0.29) is 29.3 Å². The molecule has 0 unspecified atom stereocenters. The molecule has 7 nitrogen and oxygen atoms in total. The highest BCUT2D eigenvalue weighted by Gasteiger charge is 2.35. The Morgan fingerprint density at radius 3 is 2.62 bits per heavy atom. The van der Waals surface area contributed by atoms with Gasteiger partial charge in [-0.3, -0.25) is 9.78 Å². The molecule has 8 heteroatoms. The molecule has 1 amide bonds. The molecule has 2 N–H and O–H groups in total. The van der Waals surface area contributed by atoms with E-state index in [2.05, 4.69) is 4.98 Å². The quantitative estimate of drug-likeness (QED) is 0.829. The molecule has 1 aromatic carbocycles. The Hall–Kier alpha value is -2.29. The number of carbonyl (C=O) groups excluding carboxylic acids is 1. The standard InChI is InChI=1S/C18H22N4O3S/c1-21(26(24,25)15-8-5-9-20-10-15)13-18(23)22-11-16(17(19)12-22)14-6-3-2-4-7-14/h2-10,16-17H,11-13,19H2,1H3/t16-,17+/m0/s1. The largest absolute Gasteiger partial charge is 0.339 e. The van der Waals surface area contributed by atoms with Crippen LogP contribution in [0.1, 0.15) is 11.5 Å². The Labute approximate surface area is 153 Å². The van der Waals surface area contributed by atoms with Gasteiger partial charge in [0.2, 0.25) is 15.9 Å².